The SMILES string of the molecule is CC(N)(Cc1ccc(Cl)cc1Cl)N1CCNCC1. The first kappa shape index (κ1) is 14.1. The Balaban J connectivity index is 2.10. The second kappa shape index (κ2) is 5.76. The zero-order valence-electron chi connectivity index (χ0n) is 10.5. The van der Waals surface area contributed by atoms with Crippen LogP contribution in [0.4, 0.5) is 0 Å². The molecule has 0 spiro atoms. The molecule has 1 aromatic carbocycles. The summed E-state index contributed by atoms with van der Waals surface area (Å²) in [4.78, 5) is 2.30. The average molecular weight is 288 g/mol. The molecule has 1 saturated heterocycles. The van der Waals surface area contributed by atoms with E-state index >= 15 is 0 Å². The van der Waals surface area contributed by atoms with Crippen molar-refractivity contribution in [1.82, 2.24) is 10.2 Å². The van der Waals surface area contributed by atoms with Gasteiger partial charge >= 0.3 is 0 Å². The van der Waals surface area contributed by atoms with Crippen LogP contribution in [0.15, 0.2) is 18.2 Å². The molecule has 0 aliphatic carbocycles. The lowest BCUT2D eigenvalue weighted by Gasteiger charge is -2.41. The van der Waals surface area contributed by atoms with Crippen LogP contribution in [0, 0.1) is 0 Å². The van der Waals surface area contributed by atoms with Crippen LogP contribution in [0.5, 0.6) is 0 Å². The highest BCUT2D eigenvalue weighted by Crippen LogP contribution is 2.25. The lowest BCUT2D eigenvalue weighted by atomic mass is 9.99. The van der Waals surface area contributed by atoms with E-state index in [9.17, 15) is 0 Å². The summed E-state index contributed by atoms with van der Waals surface area (Å²) in [5.41, 5.74) is 7.11. The van der Waals surface area contributed by atoms with Crippen LogP contribution in [0.1, 0.15) is 12.5 Å². The van der Waals surface area contributed by atoms with E-state index in [1.165, 1.54) is 0 Å². The molecule has 0 saturated carbocycles. The number of nitrogens with zero attached hydrogens (tertiary/aromatic N) is 1. The van der Waals surface area contributed by atoms with Gasteiger partial charge in [0.25, 0.3) is 0 Å². The summed E-state index contributed by atoms with van der Waals surface area (Å²) in [6.07, 6.45) is 0.725. The van der Waals surface area contributed by atoms with Crippen LogP contribution in [0.3, 0.4) is 0 Å². The molecular weight excluding hydrogens is 269 g/mol. The van der Waals surface area contributed by atoms with Crippen LogP contribution in [-0.2, 0) is 6.42 Å². The van der Waals surface area contributed by atoms with E-state index in [0.717, 1.165) is 38.2 Å². The van der Waals surface area contributed by atoms with Crippen molar-refractivity contribution in [3.8, 4) is 0 Å². The van der Waals surface area contributed by atoms with Gasteiger partial charge in [-0.2, -0.15) is 0 Å². The normalized spacial score (nSPS) is 20.7. The molecule has 0 aromatic heterocycles. The molecule has 1 heterocycles. The Morgan fingerprint density at radius 2 is 2.00 bits per heavy atom. The van der Waals surface area contributed by atoms with E-state index in [2.05, 4.69) is 17.1 Å². The van der Waals surface area contributed by atoms with E-state index < -0.39 is 0 Å². The molecule has 1 fully saturated rings. The van der Waals surface area contributed by atoms with Crippen molar-refractivity contribution in [3.63, 3.8) is 0 Å². The predicted octanol–water partition coefficient (Wildman–Crippen LogP) is 2.12. The largest absolute Gasteiger partial charge is 0.314 e. The minimum Gasteiger partial charge on any atom is -0.314 e. The topological polar surface area (TPSA) is 41.3 Å². The number of hydrogen-bond donors (Lipinski definition) is 2. The fraction of sp³-hybridized carbons (Fsp3) is 0.538. The summed E-state index contributed by atoms with van der Waals surface area (Å²) in [5, 5.41) is 4.68. The van der Waals surface area contributed by atoms with Crippen LogP contribution < -0.4 is 11.1 Å². The molecule has 1 aliphatic rings. The van der Waals surface area contributed by atoms with Gasteiger partial charge in [-0.1, -0.05) is 29.3 Å². The molecule has 5 heteroatoms. The zero-order valence-corrected chi connectivity index (χ0v) is 12.1. The van der Waals surface area contributed by atoms with E-state index in [0.29, 0.717) is 10.0 Å². The molecule has 0 bridgehead atoms. The summed E-state index contributed by atoms with van der Waals surface area (Å²) in [7, 11) is 0. The summed E-state index contributed by atoms with van der Waals surface area (Å²) >= 11 is 12.1. The molecule has 1 atom stereocenters. The van der Waals surface area contributed by atoms with Gasteiger partial charge in [0.2, 0.25) is 0 Å². The van der Waals surface area contributed by atoms with Crippen LogP contribution >= 0.6 is 23.2 Å². The quantitative estimate of drug-likeness (QED) is 0.895. The number of benzene rings is 1. The zero-order chi connectivity index (χ0) is 13.2. The molecule has 0 radical (unpaired) electrons. The summed E-state index contributed by atoms with van der Waals surface area (Å²) in [5.74, 6) is 0. The van der Waals surface area contributed by atoms with Crippen molar-refractivity contribution in [3.05, 3.63) is 33.8 Å². The molecule has 1 aliphatic heterocycles. The molecule has 18 heavy (non-hydrogen) atoms. The molecular formula is C13H19Cl2N3. The number of piperazine rings is 1. The summed E-state index contributed by atoms with van der Waals surface area (Å²) in [6.45, 7) is 5.97. The lowest BCUT2D eigenvalue weighted by molar-refractivity contribution is 0.0932. The molecule has 0 amide bonds. The van der Waals surface area contributed by atoms with Crippen LogP contribution in [0.25, 0.3) is 0 Å². The first-order valence-electron chi connectivity index (χ1n) is 6.17. The molecule has 3 N–H and O–H groups in total. The Morgan fingerprint density at radius 1 is 1.33 bits per heavy atom. The smallest absolute Gasteiger partial charge is 0.0700 e. The van der Waals surface area contributed by atoms with E-state index in [1.807, 2.05) is 12.1 Å². The summed E-state index contributed by atoms with van der Waals surface area (Å²) < 4.78 is 0. The maximum atomic E-state index is 6.44. The first-order chi connectivity index (χ1) is 8.49. The highest BCUT2D eigenvalue weighted by atomic mass is 35.5. The van der Waals surface area contributed by atoms with Crippen molar-refractivity contribution in [2.45, 2.75) is 19.0 Å². The van der Waals surface area contributed by atoms with Gasteiger partial charge in [-0.25, -0.2) is 0 Å². The van der Waals surface area contributed by atoms with E-state index in [4.69, 9.17) is 28.9 Å². The highest BCUT2D eigenvalue weighted by Gasteiger charge is 2.29. The third-order valence-corrected chi connectivity index (χ3v) is 3.99. The number of rotatable bonds is 3. The second-order valence-electron chi connectivity index (χ2n) is 5.01. The third kappa shape index (κ3) is 3.37. The van der Waals surface area contributed by atoms with Gasteiger partial charge in [-0.3, -0.25) is 4.90 Å². The van der Waals surface area contributed by atoms with Gasteiger partial charge in [0, 0.05) is 42.6 Å². The molecule has 1 unspecified atom stereocenters. The maximum absolute atomic E-state index is 6.44. The Hall–Kier alpha value is -0.320. The van der Waals surface area contributed by atoms with Crippen molar-refractivity contribution in [2.75, 3.05) is 26.2 Å². The minimum atomic E-state index is -0.375. The van der Waals surface area contributed by atoms with Crippen molar-refractivity contribution in [2.24, 2.45) is 5.73 Å². The average Bonchev–Trinajstić information content (AvgIpc) is 2.34. The van der Waals surface area contributed by atoms with Gasteiger partial charge in [-0.15, -0.1) is 0 Å². The molecule has 3 nitrogen and oxygen atoms in total. The standard InChI is InChI=1S/C13H19Cl2N3/c1-13(16,18-6-4-17-5-7-18)9-10-2-3-11(14)8-12(10)15/h2-3,8,17H,4-7,9,16H2,1H3. The van der Waals surface area contributed by atoms with Gasteiger partial charge < -0.3 is 11.1 Å². The van der Waals surface area contributed by atoms with E-state index in [-0.39, 0.29) is 5.66 Å². The maximum Gasteiger partial charge on any atom is 0.0700 e. The van der Waals surface area contributed by atoms with Crippen LogP contribution in [-0.4, -0.2) is 36.7 Å². The minimum absolute atomic E-state index is 0.375. The predicted molar refractivity (Wildman–Crippen MR) is 77.2 cm³/mol. The van der Waals surface area contributed by atoms with Crippen molar-refractivity contribution in [1.29, 1.82) is 0 Å². The molecule has 100 valence electrons. The van der Waals surface area contributed by atoms with Gasteiger partial charge in [0.1, 0.15) is 0 Å². The monoisotopic (exact) mass is 287 g/mol. The Bertz CT molecular complexity index is 415. The number of halogens is 2. The number of hydrogen-bond acceptors (Lipinski definition) is 3. The van der Waals surface area contributed by atoms with Gasteiger partial charge in [0.15, 0.2) is 0 Å². The molecule has 2 rings (SSSR count). The van der Waals surface area contributed by atoms with Crippen LogP contribution in [0.2, 0.25) is 10.0 Å². The third-order valence-electron chi connectivity index (χ3n) is 3.40. The van der Waals surface area contributed by atoms with Gasteiger partial charge in [0.05, 0.1) is 5.66 Å². The fourth-order valence-electron chi connectivity index (χ4n) is 2.34. The van der Waals surface area contributed by atoms with E-state index in [1.54, 1.807) is 6.07 Å². The Morgan fingerprint density at radius 3 is 2.61 bits per heavy atom. The number of nitrogens with two attached hydrogens (primary N) is 1. The second-order valence-corrected chi connectivity index (χ2v) is 5.85. The number of nitrogens with one attached hydrogen (secondary N) is 1. The fourth-order valence-corrected chi connectivity index (χ4v) is 2.81. The summed E-state index contributed by atoms with van der Waals surface area (Å²) in [6, 6.07) is 5.58. The Labute approximate surface area is 118 Å². The van der Waals surface area contributed by atoms with Crippen molar-refractivity contribution < 1.29 is 0 Å². The molecule has 1 aromatic rings. The Kier molecular flexibility index (Phi) is 4.51. The van der Waals surface area contributed by atoms with Gasteiger partial charge in [-0.05, 0) is 24.6 Å². The van der Waals surface area contributed by atoms with Crippen molar-refractivity contribution >= 4 is 23.2 Å². The lowest BCUT2D eigenvalue weighted by Crippen LogP contribution is -2.60. The highest BCUT2D eigenvalue weighted by molar-refractivity contribution is 6.35. The first-order valence-corrected chi connectivity index (χ1v) is 6.93.